The predicted molar refractivity (Wildman–Crippen MR) is 98.2 cm³/mol. The van der Waals surface area contributed by atoms with Gasteiger partial charge in [0.15, 0.2) is 0 Å². The number of hydrogen-bond acceptors (Lipinski definition) is 4. The first-order chi connectivity index (χ1) is 11.5. The molecule has 0 fully saturated rings. The van der Waals surface area contributed by atoms with Gasteiger partial charge in [0.2, 0.25) is 0 Å². The van der Waals surface area contributed by atoms with Crippen LogP contribution in [0.15, 0.2) is 51.7 Å². The first-order valence-corrected chi connectivity index (χ1v) is 8.08. The molecule has 4 aromatic rings. The fourth-order valence-corrected chi connectivity index (χ4v) is 3.32. The quantitative estimate of drug-likeness (QED) is 0.442. The van der Waals surface area contributed by atoms with Crippen molar-refractivity contribution in [2.24, 2.45) is 5.92 Å². The van der Waals surface area contributed by atoms with Gasteiger partial charge in [-0.2, -0.15) is 0 Å². The second-order valence-electron chi connectivity index (χ2n) is 6.57. The molecule has 4 rings (SSSR count). The average molecular weight is 318 g/mol. The van der Waals surface area contributed by atoms with Crippen molar-refractivity contribution in [3.63, 3.8) is 0 Å². The van der Waals surface area contributed by atoms with Crippen molar-refractivity contribution in [2.45, 2.75) is 20.3 Å². The van der Waals surface area contributed by atoms with Crippen molar-refractivity contribution >= 4 is 38.3 Å². The van der Waals surface area contributed by atoms with Gasteiger partial charge < -0.3 is 10.2 Å². The minimum Gasteiger partial charge on any atom is -0.422 e. The smallest absolute Gasteiger partial charge is 0.347 e. The molecule has 2 aromatic carbocycles. The molecular weight excluding hydrogens is 300 g/mol. The molecule has 2 heterocycles. The number of nitrogen functional groups attached to an aromatic ring is 1. The molecule has 0 spiro atoms. The summed E-state index contributed by atoms with van der Waals surface area (Å²) in [5.74, 6) is 0.698. The lowest BCUT2D eigenvalue weighted by molar-refractivity contribution is 0.570. The zero-order valence-corrected chi connectivity index (χ0v) is 13.7. The molecule has 0 aliphatic heterocycles. The number of hydrogen-bond donors (Lipinski definition) is 1. The monoisotopic (exact) mass is 318 g/mol. The number of anilines is 1. The molecule has 0 bridgehead atoms. The van der Waals surface area contributed by atoms with Crippen LogP contribution in [-0.4, -0.2) is 4.98 Å². The summed E-state index contributed by atoms with van der Waals surface area (Å²) >= 11 is 0. The molecule has 0 atom stereocenters. The molecule has 0 saturated heterocycles. The van der Waals surface area contributed by atoms with E-state index in [2.05, 4.69) is 18.8 Å². The van der Waals surface area contributed by atoms with Crippen LogP contribution in [0.25, 0.3) is 32.5 Å². The van der Waals surface area contributed by atoms with E-state index < -0.39 is 5.63 Å². The molecule has 0 saturated carbocycles. The highest BCUT2D eigenvalue weighted by Gasteiger charge is 2.15. The fraction of sp³-hybridized carbons (Fsp3) is 0.200. The third-order valence-corrected chi connectivity index (χ3v) is 4.28. The highest BCUT2D eigenvalue weighted by molar-refractivity contribution is 6.19. The van der Waals surface area contributed by atoms with Gasteiger partial charge >= 0.3 is 5.63 Å². The van der Waals surface area contributed by atoms with Crippen LogP contribution in [-0.2, 0) is 6.42 Å². The van der Waals surface area contributed by atoms with Gasteiger partial charge in [-0.15, -0.1) is 0 Å². The topological polar surface area (TPSA) is 69.1 Å². The van der Waals surface area contributed by atoms with E-state index in [0.29, 0.717) is 16.9 Å². The molecular formula is C20H18N2O2. The lowest BCUT2D eigenvalue weighted by Crippen LogP contribution is -2.08. The first-order valence-electron chi connectivity index (χ1n) is 8.08. The van der Waals surface area contributed by atoms with Crippen LogP contribution in [0.5, 0.6) is 0 Å². The second kappa shape index (κ2) is 5.34. The third kappa shape index (κ3) is 2.22. The van der Waals surface area contributed by atoms with E-state index in [-0.39, 0.29) is 5.82 Å². The van der Waals surface area contributed by atoms with Crippen LogP contribution in [0, 0.1) is 5.92 Å². The Kier molecular flexibility index (Phi) is 3.27. The Morgan fingerprint density at radius 3 is 2.67 bits per heavy atom. The van der Waals surface area contributed by atoms with E-state index in [4.69, 9.17) is 10.2 Å². The molecule has 24 heavy (non-hydrogen) atoms. The van der Waals surface area contributed by atoms with Crippen LogP contribution < -0.4 is 11.4 Å². The summed E-state index contributed by atoms with van der Waals surface area (Å²) < 4.78 is 5.51. The summed E-state index contributed by atoms with van der Waals surface area (Å²) in [7, 11) is 0. The molecule has 4 nitrogen and oxygen atoms in total. The van der Waals surface area contributed by atoms with Crippen LogP contribution in [0.1, 0.15) is 19.5 Å². The minimum atomic E-state index is -0.436. The Labute approximate surface area is 138 Å². The van der Waals surface area contributed by atoms with Gasteiger partial charge in [-0.05, 0) is 35.2 Å². The molecule has 0 aliphatic carbocycles. The Bertz CT molecular complexity index is 1140. The molecule has 4 heteroatoms. The molecule has 0 aliphatic rings. The highest BCUT2D eigenvalue weighted by atomic mass is 16.4. The molecule has 2 N–H and O–H groups in total. The maximum absolute atomic E-state index is 12.4. The number of fused-ring (bicyclic) bond motifs is 5. The van der Waals surface area contributed by atoms with Crippen LogP contribution >= 0.6 is 0 Å². The summed E-state index contributed by atoms with van der Waals surface area (Å²) in [4.78, 5) is 16.8. The maximum atomic E-state index is 12.4. The number of nitrogens with zero attached hydrogens (tertiary/aromatic N) is 1. The largest absolute Gasteiger partial charge is 0.422 e. The molecule has 120 valence electrons. The van der Waals surface area contributed by atoms with Gasteiger partial charge in [-0.1, -0.05) is 44.2 Å². The summed E-state index contributed by atoms with van der Waals surface area (Å²) in [5, 5.41) is 4.25. The van der Waals surface area contributed by atoms with Gasteiger partial charge in [0, 0.05) is 16.5 Å². The van der Waals surface area contributed by atoms with E-state index >= 15 is 0 Å². The molecule has 0 unspecified atom stereocenters. The van der Waals surface area contributed by atoms with Gasteiger partial charge in [0.25, 0.3) is 0 Å². The van der Waals surface area contributed by atoms with Crippen molar-refractivity contribution in [3.8, 4) is 0 Å². The number of nitrogens with two attached hydrogens (primary N) is 1. The lowest BCUT2D eigenvalue weighted by atomic mass is 9.99. The lowest BCUT2D eigenvalue weighted by Gasteiger charge is -2.11. The van der Waals surface area contributed by atoms with Gasteiger partial charge in [-0.3, -0.25) is 0 Å². The first kappa shape index (κ1) is 14.7. The van der Waals surface area contributed by atoms with Crippen molar-refractivity contribution in [2.75, 3.05) is 5.73 Å². The van der Waals surface area contributed by atoms with E-state index in [1.54, 1.807) is 0 Å². The van der Waals surface area contributed by atoms with Crippen LogP contribution in [0.3, 0.4) is 0 Å². The van der Waals surface area contributed by atoms with Crippen molar-refractivity contribution in [1.29, 1.82) is 0 Å². The van der Waals surface area contributed by atoms with Gasteiger partial charge in [-0.25, -0.2) is 9.78 Å². The fourth-order valence-electron chi connectivity index (χ4n) is 3.32. The Hall–Kier alpha value is -2.88. The SMILES string of the molecule is CC(C)Cc1cc2c(c(N)n1)c(=O)oc1ccc3ccccc3c12. The highest BCUT2D eigenvalue weighted by Crippen LogP contribution is 2.32. The number of benzene rings is 2. The van der Waals surface area contributed by atoms with Gasteiger partial charge in [0.05, 0.1) is 0 Å². The van der Waals surface area contributed by atoms with Crippen LogP contribution in [0.4, 0.5) is 5.82 Å². The average Bonchev–Trinajstić information content (AvgIpc) is 2.53. The number of aromatic nitrogens is 1. The van der Waals surface area contributed by atoms with E-state index in [1.165, 1.54) is 0 Å². The second-order valence-corrected chi connectivity index (χ2v) is 6.57. The third-order valence-electron chi connectivity index (χ3n) is 4.28. The summed E-state index contributed by atoms with van der Waals surface area (Å²) in [6.07, 6.45) is 0.812. The minimum absolute atomic E-state index is 0.242. The molecule has 2 aromatic heterocycles. The molecule has 0 radical (unpaired) electrons. The Balaban J connectivity index is 2.24. The molecule has 0 amide bonds. The maximum Gasteiger partial charge on any atom is 0.347 e. The summed E-state index contributed by atoms with van der Waals surface area (Å²) in [6.45, 7) is 4.27. The van der Waals surface area contributed by atoms with E-state index in [0.717, 1.165) is 33.7 Å². The predicted octanol–water partition coefficient (Wildman–Crippen LogP) is 4.28. The van der Waals surface area contributed by atoms with Crippen molar-refractivity contribution < 1.29 is 4.42 Å². The van der Waals surface area contributed by atoms with Crippen LogP contribution in [0.2, 0.25) is 0 Å². The van der Waals surface area contributed by atoms with Gasteiger partial charge in [0.1, 0.15) is 16.8 Å². The normalized spacial score (nSPS) is 11.8. The summed E-state index contributed by atoms with van der Waals surface area (Å²) in [6, 6.07) is 13.9. The number of rotatable bonds is 2. The summed E-state index contributed by atoms with van der Waals surface area (Å²) in [5.41, 5.74) is 7.14. The Morgan fingerprint density at radius 1 is 1.08 bits per heavy atom. The number of pyridine rings is 1. The van der Waals surface area contributed by atoms with E-state index in [1.807, 2.05) is 42.5 Å². The van der Waals surface area contributed by atoms with Crippen molar-refractivity contribution in [1.82, 2.24) is 4.98 Å². The zero-order valence-electron chi connectivity index (χ0n) is 13.7. The van der Waals surface area contributed by atoms with Crippen molar-refractivity contribution in [3.05, 3.63) is 58.6 Å². The van der Waals surface area contributed by atoms with E-state index in [9.17, 15) is 4.79 Å². The Morgan fingerprint density at radius 2 is 1.88 bits per heavy atom. The zero-order chi connectivity index (χ0) is 16.8. The standard InChI is InChI=1S/C20H18N2O2/c1-11(2)9-13-10-15-17-14-6-4-3-5-12(14)7-8-16(17)24-20(23)18(15)19(21)22-13/h3-8,10-11H,9H2,1-2H3,(H2,21,22).